The van der Waals surface area contributed by atoms with Crippen molar-refractivity contribution in [2.75, 3.05) is 10.7 Å². The van der Waals surface area contributed by atoms with E-state index >= 15 is 0 Å². The van der Waals surface area contributed by atoms with Crippen LogP contribution in [0.1, 0.15) is 13.3 Å². The summed E-state index contributed by atoms with van der Waals surface area (Å²) in [5.41, 5.74) is -0.648. The van der Waals surface area contributed by atoms with Crippen molar-refractivity contribution in [3.05, 3.63) is 24.3 Å². The maximum absolute atomic E-state index is 13.0. The Hall–Kier alpha value is -0.0500. The Morgan fingerprint density at radius 3 is 2.44 bits per heavy atom. The topological polar surface area (TPSA) is 59.1 Å². The summed E-state index contributed by atoms with van der Waals surface area (Å²) in [7, 11) is -3.79. The molecule has 0 amide bonds. The Morgan fingerprint density at radius 1 is 1.39 bits per heavy atom. The molecule has 1 aromatic rings. The molecule has 0 aliphatic rings. The number of aromatic nitrogens is 1. The molecule has 0 aromatic carbocycles. The number of halogens is 3. The first-order valence-electron chi connectivity index (χ1n) is 5.15. The number of hydrogen-bond acceptors (Lipinski definition) is 3. The molecule has 0 atom stereocenters. The van der Waals surface area contributed by atoms with E-state index in [2.05, 4.69) is 41.6 Å². The van der Waals surface area contributed by atoms with Crippen LogP contribution in [-0.2, 0) is 10.0 Å². The van der Waals surface area contributed by atoms with Crippen LogP contribution < -0.4 is 4.72 Å². The van der Waals surface area contributed by atoms with Gasteiger partial charge in [-0.3, -0.25) is 4.98 Å². The highest BCUT2D eigenvalue weighted by Crippen LogP contribution is 2.20. The van der Waals surface area contributed by atoms with Crippen LogP contribution in [0, 0.1) is 5.82 Å². The SMILES string of the molecule is CCC(CBr)(CBr)NS(=O)(=O)c1cncc(F)c1. The van der Waals surface area contributed by atoms with Gasteiger partial charge >= 0.3 is 0 Å². The van der Waals surface area contributed by atoms with Crippen molar-refractivity contribution in [2.24, 2.45) is 0 Å². The van der Waals surface area contributed by atoms with Crippen molar-refractivity contribution in [3.8, 4) is 0 Å². The molecule has 0 aliphatic heterocycles. The molecule has 8 heteroatoms. The van der Waals surface area contributed by atoms with Crippen LogP contribution in [0.25, 0.3) is 0 Å². The number of alkyl halides is 2. The molecule has 0 aliphatic carbocycles. The number of nitrogens with zero attached hydrogens (tertiary/aromatic N) is 1. The van der Waals surface area contributed by atoms with Crippen LogP contribution in [-0.4, -0.2) is 29.6 Å². The van der Waals surface area contributed by atoms with Gasteiger partial charge in [-0.2, -0.15) is 0 Å². The lowest BCUT2D eigenvalue weighted by Crippen LogP contribution is -2.50. The molecule has 1 aromatic heterocycles. The van der Waals surface area contributed by atoms with E-state index in [9.17, 15) is 12.8 Å². The molecule has 0 unspecified atom stereocenters. The van der Waals surface area contributed by atoms with Crippen molar-refractivity contribution in [1.29, 1.82) is 0 Å². The van der Waals surface area contributed by atoms with Gasteiger partial charge < -0.3 is 0 Å². The second-order valence-corrected chi connectivity index (χ2v) is 6.65. The minimum Gasteiger partial charge on any atom is -0.260 e. The molecule has 0 bridgehead atoms. The summed E-state index contributed by atoms with van der Waals surface area (Å²) in [6.45, 7) is 1.87. The zero-order chi connectivity index (χ0) is 13.8. The van der Waals surface area contributed by atoms with Gasteiger partial charge in [0.25, 0.3) is 0 Å². The maximum atomic E-state index is 13.0. The molecule has 0 saturated heterocycles. The largest absolute Gasteiger partial charge is 0.260 e. The third-order valence-electron chi connectivity index (χ3n) is 2.53. The van der Waals surface area contributed by atoms with Gasteiger partial charge in [-0.05, 0) is 12.5 Å². The maximum Gasteiger partial charge on any atom is 0.242 e. The second kappa shape index (κ2) is 6.40. The minimum atomic E-state index is -3.79. The fraction of sp³-hybridized carbons (Fsp3) is 0.500. The summed E-state index contributed by atoms with van der Waals surface area (Å²) in [5.74, 6) is -0.683. The fourth-order valence-electron chi connectivity index (χ4n) is 1.23. The highest BCUT2D eigenvalue weighted by molar-refractivity contribution is 9.09. The molecule has 102 valence electrons. The molecule has 0 radical (unpaired) electrons. The summed E-state index contributed by atoms with van der Waals surface area (Å²) in [4.78, 5) is 3.36. The van der Waals surface area contributed by atoms with E-state index < -0.39 is 21.4 Å². The smallest absolute Gasteiger partial charge is 0.242 e. The van der Waals surface area contributed by atoms with Crippen molar-refractivity contribution in [2.45, 2.75) is 23.8 Å². The van der Waals surface area contributed by atoms with E-state index in [0.29, 0.717) is 17.1 Å². The lowest BCUT2D eigenvalue weighted by Gasteiger charge is -2.29. The van der Waals surface area contributed by atoms with E-state index in [-0.39, 0.29) is 4.90 Å². The first kappa shape index (κ1) is 16.0. The average molecular weight is 404 g/mol. The van der Waals surface area contributed by atoms with E-state index in [1.54, 1.807) is 0 Å². The van der Waals surface area contributed by atoms with Crippen LogP contribution in [0.2, 0.25) is 0 Å². The standard InChI is InChI=1S/C10H13Br2FN2O2S/c1-2-10(6-11,7-12)15-18(16,17)9-3-8(13)4-14-5-9/h3-5,15H,2,6-7H2,1H3. The zero-order valence-electron chi connectivity index (χ0n) is 9.66. The predicted octanol–water partition coefficient (Wildman–Crippen LogP) is 2.44. The molecule has 1 heterocycles. The lowest BCUT2D eigenvalue weighted by atomic mass is 10.0. The van der Waals surface area contributed by atoms with Gasteiger partial charge in [-0.25, -0.2) is 17.5 Å². The van der Waals surface area contributed by atoms with Crippen LogP contribution in [0.4, 0.5) is 4.39 Å². The fourth-order valence-corrected chi connectivity index (χ4v) is 5.05. The number of hydrogen-bond donors (Lipinski definition) is 1. The van der Waals surface area contributed by atoms with Crippen molar-refractivity contribution < 1.29 is 12.8 Å². The number of sulfonamides is 1. The van der Waals surface area contributed by atoms with Gasteiger partial charge in [0.1, 0.15) is 10.7 Å². The minimum absolute atomic E-state index is 0.178. The molecule has 0 fully saturated rings. The molecule has 0 saturated carbocycles. The van der Waals surface area contributed by atoms with Gasteiger partial charge in [0.05, 0.1) is 11.7 Å². The first-order valence-corrected chi connectivity index (χ1v) is 8.88. The third kappa shape index (κ3) is 3.72. The van der Waals surface area contributed by atoms with E-state index in [1.807, 2.05) is 6.92 Å². The summed E-state index contributed by atoms with van der Waals surface area (Å²) in [5, 5.41) is 0.896. The molecule has 0 spiro atoms. The van der Waals surface area contributed by atoms with Crippen molar-refractivity contribution in [3.63, 3.8) is 0 Å². The number of nitrogens with one attached hydrogen (secondary N) is 1. The quantitative estimate of drug-likeness (QED) is 0.742. The van der Waals surface area contributed by atoms with Gasteiger partial charge in [-0.15, -0.1) is 0 Å². The molecule has 1 N–H and O–H groups in total. The van der Waals surface area contributed by atoms with Gasteiger partial charge in [0, 0.05) is 16.9 Å². The highest BCUT2D eigenvalue weighted by Gasteiger charge is 2.32. The van der Waals surface area contributed by atoms with Crippen molar-refractivity contribution in [1.82, 2.24) is 9.71 Å². The predicted molar refractivity (Wildman–Crippen MR) is 75.1 cm³/mol. The summed E-state index contributed by atoms with van der Waals surface area (Å²) >= 11 is 6.57. The first-order chi connectivity index (χ1) is 8.39. The Bertz CT molecular complexity index is 498. The van der Waals surface area contributed by atoms with Crippen LogP contribution >= 0.6 is 31.9 Å². The second-order valence-electron chi connectivity index (χ2n) is 3.85. The third-order valence-corrected chi connectivity index (χ3v) is 6.22. The summed E-state index contributed by atoms with van der Waals surface area (Å²) in [6.07, 6.45) is 2.67. The summed E-state index contributed by atoms with van der Waals surface area (Å²) in [6, 6.07) is 0.943. The van der Waals surface area contributed by atoms with Crippen LogP contribution in [0.5, 0.6) is 0 Å². The number of rotatable bonds is 6. The molecule has 4 nitrogen and oxygen atoms in total. The normalized spacial score (nSPS) is 12.7. The Labute approximate surface area is 123 Å². The van der Waals surface area contributed by atoms with Crippen LogP contribution in [0.3, 0.4) is 0 Å². The zero-order valence-corrected chi connectivity index (χ0v) is 13.6. The Balaban J connectivity index is 3.08. The molecule has 1 rings (SSSR count). The molecular weight excluding hydrogens is 391 g/mol. The molecular formula is C10H13Br2FN2O2S. The average Bonchev–Trinajstić information content (AvgIpc) is 2.36. The Morgan fingerprint density at radius 2 is 2.00 bits per heavy atom. The monoisotopic (exact) mass is 402 g/mol. The Kier molecular flexibility index (Phi) is 5.69. The van der Waals surface area contributed by atoms with Gasteiger partial charge in [0.2, 0.25) is 10.0 Å². The van der Waals surface area contributed by atoms with Gasteiger partial charge in [0.15, 0.2) is 0 Å². The highest BCUT2D eigenvalue weighted by atomic mass is 79.9. The van der Waals surface area contributed by atoms with E-state index in [1.165, 1.54) is 0 Å². The van der Waals surface area contributed by atoms with Crippen LogP contribution in [0.15, 0.2) is 23.4 Å². The van der Waals surface area contributed by atoms with E-state index in [4.69, 9.17) is 0 Å². The van der Waals surface area contributed by atoms with Crippen molar-refractivity contribution >= 4 is 41.9 Å². The number of pyridine rings is 1. The summed E-state index contributed by atoms with van der Waals surface area (Å²) < 4.78 is 39.8. The molecule has 18 heavy (non-hydrogen) atoms. The lowest BCUT2D eigenvalue weighted by molar-refractivity contribution is 0.459. The van der Waals surface area contributed by atoms with Gasteiger partial charge in [-0.1, -0.05) is 38.8 Å². The van der Waals surface area contributed by atoms with E-state index in [0.717, 1.165) is 18.5 Å².